The number of nitrogens with zero attached hydrogens (tertiary/aromatic N) is 1. The van der Waals surface area contributed by atoms with Crippen LogP contribution < -0.4 is 0 Å². The van der Waals surface area contributed by atoms with Crippen molar-refractivity contribution >= 4 is 32.8 Å². The molecule has 2 N–H and O–H groups in total. The summed E-state index contributed by atoms with van der Waals surface area (Å²) in [5, 5.41) is 15.7. The molecule has 0 amide bonds. The summed E-state index contributed by atoms with van der Waals surface area (Å²) in [5.41, 5.74) is 0.772. The van der Waals surface area contributed by atoms with Gasteiger partial charge in [0.05, 0.1) is 5.52 Å². The molecule has 0 bridgehead atoms. The molecule has 4 nitrogen and oxygen atoms in total. The Kier molecular flexibility index (Phi) is 7.21. The molecule has 0 saturated carbocycles. The predicted molar refractivity (Wildman–Crippen MR) is 73.4 cm³/mol. The van der Waals surface area contributed by atoms with E-state index in [1.165, 1.54) is 0 Å². The fraction of sp³-hybridized carbons (Fsp3) is 0.333. The van der Waals surface area contributed by atoms with E-state index in [-0.39, 0.29) is 5.69 Å². The number of halogens is 1. The number of hydrogen-bond donors (Lipinski definition) is 2. The first-order chi connectivity index (χ1) is 8.18. The molecule has 94 valence electrons. The van der Waals surface area contributed by atoms with Gasteiger partial charge in [0.25, 0.3) is 0 Å². The van der Waals surface area contributed by atoms with Crippen LogP contribution in [0.25, 0.3) is 10.9 Å². The van der Waals surface area contributed by atoms with Crippen LogP contribution in [0.4, 0.5) is 0 Å². The zero-order valence-corrected chi connectivity index (χ0v) is 12.0. The Morgan fingerprint density at radius 2 is 1.88 bits per heavy atom. The van der Waals surface area contributed by atoms with Crippen LogP contribution in [0.1, 0.15) is 38.2 Å². The van der Waals surface area contributed by atoms with Crippen molar-refractivity contribution in [3.63, 3.8) is 0 Å². The number of aromatic amines is 1. The predicted octanol–water partition coefficient (Wildman–Crippen LogP) is 4.08. The highest BCUT2D eigenvalue weighted by atomic mass is 79.9. The molecule has 1 aromatic carbocycles. The van der Waals surface area contributed by atoms with E-state index in [1.54, 1.807) is 18.2 Å². The number of H-pyrrole nitrogens is 1. The smallest absolute Gasteiger partial charge is 0.357 e. The summed E-state index contributed by atoms with van der Waals surface area (Å²) >= 11 is 3.28. The zero-order chi connectivity index (χ0) is 13.4. The molecule has 0 aliphatic heterocycles. The van der Waals surface area contributed by atoms with Gasteiger partial charge >= 0.3 is 5.97 Å². The number of fused-ring (bicyclic) bond motifs is 1. The van der Waals surface area contributed by atoms with E-state index in [0.29, 0.717) is 10.9 Å². The Morgan fingerprint density at radius 3 is 2.41 bits per heavy atom. The minimum Gasteiger partial charge on any atom is -0.476 e. The maximum absolute atomic E-state index is 10.7. The molecule has 1 heterocycles. The molecule has 0 radical (unpaired) electrons. The molecular formula is C12H17BrN2O2. The SMILES string of the molecule is CC.CC.O=C(O)c1n[nH]c2cc(Br)ccc12. The van der Waals surface area contributed by atoms with Gasteiger partial charge in [0.1, 0.15) is 0 Å². The fourth-order valence-electron chi connectivity index (χ4n) is 1.15. The van der Waals surface area contributed by atoms with Gasteiger partial charge in [-0.15, -0.1) is 0 Å². The van der Waals surface area contributed by atoms with Crippen LogP contribution in [0.3, 0.4) is 0 Å². The Bertz CT molecular complexity index is 480. The second kappa shape index (κ2) is 7.84. The molecule has 0 aliphatic rings. The van der Waals surface area contributed by atoms with Crippen LogP contribution >= 0.6 is 15.9 Å². The Labute approximate surface area is 109 Å². The number of benzene rings is 1. The Morgan fingerprint density at radius 1 is 1.29 bits per heavy atom. The van der Waals surface area contributed by atoms with Crippen LogP contribution in [0.2, 0.25) is 0 Å². The standard InChI is InChI=1S/C8H5BrN2O2.2C2H6/c9-4-1-2-5-6(3-4)10-11-7(5)8(12)13;2*1-2/h1-3H,(H,10,11)(H,12,13);2*1-2H3. The minimum atomic E-state index is -1.02. The molecule has 0 spiro atoms. The third kappa shape index (κ3) is 3.85. The lowest BCUT2D eigenvalue weighted by Crippen LogP contribution is -1.96. The molecule has 0 saturated heterocycles. The number of carbonyl (C=O) groups is 1. The minimum absolute atomic E-state index is 0.0579. The van der Waals surface area contributed by atoms with Crippen molar-refractivity contribution in [3.8, 4) is 0 Å². The van der Waals surface area contributed by atoms with Crippen molar-refractivity contribution < 1.29 is 9.90 Å². The Hall–Kier alpha value is -1.36. The summed E-state index contributed by atoms with van der Waals surface area (Å²) in [5.74, 6) is -1.02. The average Bonchev–Trinajstić information content (AvgIpc) is 2.77. The quantitative estimate of drug-likeness (QED) is 0.834. The highest BCUT2D eigenvalue weighted by Gasteiger charge is 2.11. The molecule has 17 heavy (non-hydrogen) atoms. The largest absolute Gasteiger partial charge is 0.476 e. The van der Waals surface area contributed by atoms with Crippen LogP contribution in [0.15, 0.2) is 22.7 Å². The van der Waals surface area contributed by atoms with Gasteiger partial charge in [0, 0.05) is 9.86 Å². The first kappa shape index (κ1) is 15.6. The van der Waals surface area contributed by atoms with E-state index < -0.39 is 5.97 Å². The molecular weight excluding hydrogens is 284 g/mol. The summed E-state index contributed by atoms with van der Waals surface area (Å²) in [4.78, 5) is 10.7. The molecule has 2 aromatic rings. The van der Waals surface area contributed by atoms with Crippen molar-refractivity contribution in [2.24, 2.45) is 0 Å². The van der Waals surface area contributed by atoms with Gasteiger partial charge in [-0.05, 0) is 18.2 Å². The van der Waals surface area contributed by atoms with E-state index in [0.717, 1.165) is 4.47 Å². The second-order valence-corrected chi connectivity index (χ2v) is 3.48. The van der Waals surface area contributed by atoms with Crippen molar-refractivity contribution in [2.45, 2.75) is 27.7 Å². The first-order valence-corrected chi connectivity index (χ1v) is 6.34. The number of carboxylic acids is 1. The van der Waals surface area contributed by atoms with Gasteiger partial charge in [0.2, 0.25) is 0 Å². The second-order valence-electron chi connectivity index (χ2n) is 2.57. The number of rotatable bonds is 1. The third-order valence-corrected chi connectivity index (χ3v) is 2.22. The van der Waals surface area contributed by atoms with Gasteiger partial charge < -0.3 is 5.11 Å². The normalized spacial score (nSPS) is 8.76. The van der Waals surface area contributed by atoms with Gasteiger partial charge in [-0.1, -0.05) is 43.6 Å². The maximum Gasteiger partial charge on any atom is 0.357 e. The summed E-state index contributed by atoms with van der Waals surface area (Å²) in [7, 11) is 0. The number of nitrogens with one attached hydrogen (secondary N) is 1. The van der Waals surface area contributed by atoms with Crippen molar-refractivity contribution in [2.75, 3.05) is 0 Å². The molecule has 0 atom stereocenters. The van der Waals surface area contributed by atoms with Crippen LogP contribution in [-0.4, -0.2) is 21.3 Å². The molecule has 0 fully saturated rings. The number of carboxylic acid groups (broad SMARTS) is 1. The molecule has 0 unspecified atom stereocenters. The van der Waals surface area contributed by atoms with E-state index in [2.05, 4.69) is 26.1 Å². The number of aromatic nitrogens is 2. The van der Waals surface area contributed by atoms with Crippen molar-refractivity contribution in [1.82, 2.24) is 10.2 Å². The molecule has 5 heteroatoms. The topological polar surface area (TPSA) is 66.0 Å². The highest BCUT2D eigenvalue weighted by molar-refractivity contribution is 9.10. The highest BCUT2D eigenvalue weighted by Crippen LogP contribution is 2.20. The van der Waals surface area contributed by atoms with Gasteiger partial charge in [-0.2, -0.15) is 5.10 Å². The summed E-state index contributed by atoms with van der Waals surface area (Å²) in [6.45, 7) is 8.00. The third-order valence-electron chi connectivity index (χ3n) is 1.73. The maximum atomic E-state index is 10.7. The van der Waals surface area contributed by atoms with E-state index in [1.807, 2.05) is 27.7 Å². The first-order valence-electron chi connectivity index (χ1n) is 5.55. The Balaban J connectivity index is 0.000000581. The van der Waals surface area contributed by atoms with E-state index in [4.69, 9.17) is 5.11 Å². The number of hydrogen-bond acceptors (Lipinski definition) is 2. The van der Waals surface area contributed by atoms with Crippen molar-refractivity contribution in [1.29, 1.82) is 0 Å². The summed E-state index contributed by atoms with van der Waals surface area (Å²) in [6.07, 6.45) is 0. The average molecular weight is 301 g/mol. The van der Waals surface area contributed by atoms with Gasteiger partial charge in [0.15, 0.2) is 5.69 Å². The monoisotopic (exact) mass is 300 g/mol. The van der Waals surface area contributed by atoms with E-state index >= 15 is 0 Å². The number of aromatic carboxylic acids is 1. The molecule has 0 aliphatic carbocycles. The summed E-state index contributed by atoms with van der Waals surface area (Å²) in [6, 6.07) is 5.28. The van der Waals surface area contributed by atoms with Crippen LogP contribution in [0, 0.1) is 0 Å². The lowest BCUT2D eigenvalue weighted by Gasteiger charge is -1.90. The lowest BCUT2D eigenvalue weighted by molar-refractivity contribution is 0.0692. The van der Waals surface area contributed by atoms with Crippen LogP contribution in [0.5, 0.6) is 0 Å². The van der Waals surface area contributed by atoms with Crippen LogP contribution in [-0.2, 0) is 0 Å². The zero-order valence-electron chi connectivity index (χ0n) is 10.4. The van der Waals surface area contributed by atoms with Gasteiger partial charge in [-0.25, -0.2) is 4.79 Å². The molecule has 1 aromatic heterocycles. The fourth-order valence-corrected chi connectivity index (χ4v) is 1.52. The van der Waals surface area contributed by atoms with Gasteiger partial charge in [-0.3, -0.25) is 5.10 Å². The van der Waals surface area contributed by atoms with Crippen molar-refractivity contribution in [3.05, 3.63) is 28.4 Å². The summed E-state index contributed by atoms with van der Waals surface area (Å²) < 4.78 is 0.889. The van der Waals surface area contributed by atoms with E-state index in [9.17, 15) is 4.79 Å². The molecule has 2 rings (SSSR count). The lowest BCUT2D eigenvalue weighted by atomic mass is 10.2.